The number of sulfone groups is 1. The Kier molecular flexibility index (Phi) is 6.17. The average molecular weight is 529 g/mol. The lowest BCUT2D eigenvalue weighted by molar-refractivity contribution is 0.102. The molecule has 1 amide bonds. The summed E-state index contributed by atoms with van der Waals surface area (Å²) < 4.78 is 44.9. The summed E-state index contributed by atoms with van der Waals surface area (Å²) in [5.41, 5.74) is 2.78. The number of fused-ring (bicyclic) bond motifs is 1. The Morgan fingerprint density at radius 1 is 1.22 bits per heavy atom. The molecule has 2 aromatic carbocycles. The number of nitrogens with one attached hydrogen (secondary N) is 1. The summed E-state index contributed by atoms with van der Waals surface area (Å²) in [4.78, 5) is 18.3. The Balaban J connectivity index is 1.68. The SMILES string of the molecule is COc1cccc(-c2cc(C(=O)Nc3ccc(F)c(Cl)c3)c3c(C)nn(C4CCS(=O)(=O)C4)c3n2)c1. The van der Waals surface area contributed by atoms with Crippen molar-refractivity contribution >= 4 is 44.1 Å². The number of methoxy groups -OCH3 is 1. The monoisotopic (exact) mass is 528 g/mol. The minimum absolute atomic E-state index is 0.0378. The van der Waals surface area contributed by atoms with E-state index in [2.05, 4.69) is 10.4 Å². The van der Waals surface area contributed by atoms with Gasteiger partial charge in [0.25, 0.3) is 5.91 Å². The van der Waals surface area contributed by atoms with Crippen molar-refractivity contribution in [1.29, 1.82) is 0 Å². The summed E-state index contributed by atoms with van der Waals surface area (Å²) >= 11 is 5.89. The molecule has 0 aliphatic carbocycles. The fourth-order valence-electron chi connectivity index (χ4n) is 4.42. The molecule has 11 heteroatoms. The van der Waals surface area contributed by atoms with E-state index in [1.165, 1.54) is 18.2 Å². The molecule has 36 heavy (non-hydrogen) atoms. The van der Waals surface area contributed by atoms with Crippen molar-refractivity contribution in [3.63, 3.8) is 0 Å². The number of nitrogens with zero attached hydrogens (tertiary/aromatic N) is 3. The summed E-state index contributed by atoms with van der Waals surface area (Å²) in [6.07, 6.45) is 0.416. The number of rotatable bonds is 5. The highest BCUT2D eigenvalue weighted by Crippen LogP contribution is 2.33. The van der Waals surface area contributed by atoms with Crippen LogP contribution in [0.3, 0.4) is 0 Å². The molecule has 186 valence electrons. The Hall–Kier alpha value is -3.50. The van der Waals surface area contributed by atoms with Gasteiger partial charge in [0.2, 0.25) is 0 Å². The van der Waals surface area contributed by atoms with Crippen molar-refractivity contribution < 1.29 is 22.3 Å². The molecule has 5 rings (SSSR count). The topological polar surface area (TPSA) is 103 Å². The molecule has 2 aromatic heterocycles. The lowest BCUT2D eigenvalue weighted by atomic mass is 10.0. The van der Waals surface area contributed by atoms with Crippen molar-refractivity contribution in [2.45, 2.75) is 19.4 Å². The normalized spacial score (nSPS) is 16.8. The van der Waals surface area contributed by atoms with Crippen molar-refractivity contribution in [3.8, 4) is 17.0 Å². The quantitative estimate of drug-likeness (QED) is 0.398. The molecule has 3 heterocycles. The lowest BCUT2D eigenvalue weighted by Crippen LogP contribution is -2.15. The molecule has 0 spiro atoms. The van der Waals surface area contributed by atoms with Gasteiger partial charge in [0.15, 0.2) is 15.5 Å². The highest BCUT2D eigenvalue weighted by Gasteiger charge is 2.32. The van der Waals surface area contributed by atoms with E-state index in [-0.39, 0.29) is 22.6 Å². The summed E-state index contributed by atoms with van der Waals surface area (Å²) in [7, 11) is -1.62. The maximum absolute atomic E-state index is 13.6. The van der Waals surface area contributed by atoms with E-state index in [1.807, 2.05) is 12.1 Å². The number of aryl methyl sites for hydroxylation is 1. The Bertz CT molecular complexity index is 1620. The average Bonchev–Trinajstić information content (AvgIpc) is 3.39. The number of anilines is 1. The fourth-order valence-corrected chi connectivity index (χ4v) is 6.29. The minimum atomic E-state index is -3.18. The van der Waals surface area contributed by atoms with Gasteiger partial charge in [0.1, 0.15) is 11.6 Å². The molecule has 8 nitrogen and oxygen atoms in total. The van der Waals surface area contributed by atoms with Crippen LogP contribution in [-0.4, -0.2) is 47.7 Å². The van der Waals surface area contributed by atoms with E-state index in [0.717, 1.165) is 0 Å². The number of carbonyl (C=O) groups excluding carboxylic acids is 1. The van der Waals surface area contributed by atoms with Crippen LogP contribution in [-0.2, 0) is 9.84 Å². The largest absolute Gasteiger partial charge is 0.497 e. The zero-order valence-electron chi connectivity index (χ0n) is 19.5. The maximum Gasteiger partial charge on any atom is 0.256 e. The fraction of sp³-hybridized carbons (Fsp3) is 0.240. The molecule has 1 fully saturated rings. The third-order valence-electron chi connectivity index (χ3n) is 6.18. The van der Waals surface area contributed by atoms with Gasteiger partial charge in [0.05, 0.1) is 52.0 Å². The van der Waals surface area contributed by atoms with Crippen LogP contribution in [0.25, 0.3) is 22.3 Å². The van der Waals surface area contributed by atoms with Gasteiger partial charge in [-0.3, -0.25) is 4.79 Å². The Morgan fingerprint density at radius 3 is 2.72 bits per heavy atom. The third-order valence-corrected chi connectivity index (χ3v) is 8.22. The van der Waals surface area contributed by atoms with Crippen LogP contribution in [0.4, 0.5) is 10.1 Å². The second-order valence-electron chi connectivity index (χ2n) is 8.66. The van der Waals surface area contributed by atoms with Gasteiger partial charge in [-0.2, -0.15) is 5.10 Å². The first-order valence-electron chi connectivity index (χ1n) is 11.2. The first-order chi connectivity index (χ1) is 17.1. The number of pyridine rings is 1. The van der Waals surface area contributed by atoms with E-state index in [9.17, 15) is 17.6 Å². The van der Waals surface area contributed by atoms with Gasteiger partial charge in [-0.25, -0.2) is 22.5 Å². The van der Waals surface area contributed by atoms with Gasteiger partial charge >= 0.3 is 0 Å². The lowest BCUT2D eigenvalue weighted by Gasteiger charge is -2.13. The van der Waals surface area contributed by atoms with Crippen LogP contribution in [0.2, 0.25) is 5.02 Å². The van der Waals surface area contributed by atoms with Crippen LogP contribution < -0.4 is 10.1 Å². The second kappa shape index (κ2) is 9.18. The van der Waals surface area contributed by atoms with E-state index in [4.69, 9.17) is 21.3 Å². The number of aromatic nitrogens is 3. The number of hydrogen-bond acceptors (Lipinski definition) is 6. The van der Waals surface area contributed by atoms with E-state index >= 15 is 0 Å². The zero-order valence-corrected chi connectivity index (χ0v) is 21.0. The molecular formula is C25H22ClFN4O4S. The molecule has 1 atom stereocenters. The highest BCUT2D eigenvalue weighted by molar-refractivity contribution is 7.91. The predicted molar refractivity (Wildman–Crippen MR) is 136 cm³/mol. The maximum atomic E-state index is 13.6. The van der Waals surface area contributed by atoms with Crippen LogP contribution in [0.5, 0.6) is 5.75 Å². The summed E-state index contributed by atoms with van der Waals surface area (Å²) in [5, 5.41) is 7.76. The number of amides is 1. The summed E-state index contributed by atoms with van der Waals surface area (Å²) in [5.74, 6) is -0.398. The third kappa shape index (κ3) is 4.54. The molecule has 4 aromatic rings. The van der Waals surface area contributed by atoms with Crippen LogP contribution in [0.1, 0.15) is 28.5 Å². The predicted octanol–water partition coefficient (Wildman–Crippen LogP) is 4.82. The van der Waals surface area contributed by atoms with Gasteiger partial charge < -0.3 is 10.1 Å². The molecule has 0 radical (unpaired) electrons. The molecule has 1 N–H and O–H groups in total. The summed E-state index contributed by atoms with van der Waals surface area (Å²) in [6.45, 7) is 1.75. The van der Waals surface area contributed by atoms with Gasteiger partial charge in [0, 0.05) is 11.3 Å². The number of ether oxygens (including phenoxy) is 1. The van der Waals surface area contributed by atoms with Crippen LogP contribution in [0.15, 0.2) is 48.5 Å². The Morgan fingerprint density at radius 2 is 2.03 bits per heavy atom. The molecule has 0 saturated carbocycles. The molecule has 1 aliphatic heterocycles. The number of benzene rings is 2. The van der Waals surface area contributed by atoms with Gasteiger partial charge in [-0.1, -0.05) is 23.7 Å². The van der Waals surface area contributed by atoms with Gasteiger partial charge in [-0.15, -0.1) is 0 Å². The van der Waals surface area contributed by atoms with Crippen LogP contribution >= 0.6 is 11.6 Å². The Labute approximate surface area is 212 Å². The van der Waals surface area contributed by atoms with Crippen LogP contribution in [0, 0.1) is 12.7 Å². The van der Waals surface area contributed by atoms with E-state index in [0.29, 0.717) is 51.4 Å². The molecule has 1 unspecified atom stereocenters. The standard InChI is InChI=1S/C25H22ClFN4O4S/c1-14-23-19(25(32)28-16-6-7-21(27)20(26)11-16)12-22(15-4-3-5-18(10-15)35-2)29-24(23)31(30-14)17-8-9-36(33,34)13-17/h3-7,10-12,17H,8-9,13H2,1-2H3,(H,28,32). The van der Waals surface area contributed by atoms with Crippen molar-refractivity contribution in [2.24, 2.45) is 0 Å². The zero-order chi connectivity index (χ0) is 25.6. The summed E-state index contributed by atoms with van der Waals surface area (Å²) in [6, 6.07) is 12.4. The number of halogens is 2. The molecule has 1 aliphatic rings. The van der Waals surface area contributed by atoms with Gasteiger partial charge in [-0.05, 0) is 49.7 Å². The molecule has 0 bridgehead atoms. The van der Waals surface area contributed by atoms with Crippen molar-refractivity contribution in [3.05, 3.63) is 70.6 Å². The molecule has 1 saturated heterocycles. The van der Waals surface area contributed by atoms with E-state index in [1.54, 1.807) is 36.9 Å². The minimum Gasteiger partial charge on any atom is -0.497 e. The van der Waals surface area contributed by atoms with Crippen molar-refractivity contribution in [1.82, 2.24) is 14.8 Å². The highest BCUT2D eigenvalue weighted by atomic mass is 35.5. The first kappa shape index (κ1) is 24.2. The number of carbonyl (C=O) groups is 1. The second-order valence-corrected chi connectivity index (χ2v) is 11.3. The first-order valence-corrected chi connectivity index (χ1v) is 13.4. The smallest absolute Gasteiger partial charge is 0.256 e. The van der Waals surface area contributed by atoms with Crippen molar-refractivity contribution in [2.75, 3.05) is 23.9 Å². The number of hydrogen-bond donors (Lipinski definition) is 1. The molecular weight excluding hydrogens is 507 g/mol. The van der Waals surface area contributed by atoms with E-state index < -0.39 is 21.6 Å².